The molecule has 0 atom stereocenters. The molecule has 0 fully saturated rings. The number of carbonyl (C=O) groups excluding carboxylic acids is 1. The number of aromatic carboxylic acids is 1. The Bertz CT molecular complexity index is 732. The minimum Gasteiger partial charge on any atom is -0.478 e. The maximum absolute atomic E-state index is 13.2. The van der Waals surface area contributed by atoms with Gasteiger partial charge in [0.15, 0.2) is 11.6 Å². The van der Waals surface area contributed by atoms with Crippen LogP contribution in [0.1, 0.15) is 26.5 Å². The highest BCUT2D eigenvalue weighted by atomic mass is 19.2. The van der Waals surface area contributed by atoms with Crippen molar-refractivity contribution in [1.82, 2.24) is 4.98 Å². The predicted octanol–water partition coefficient (Wildman–Crippen LogP) is 2.62. The smallest absolute Gasteiger partial charge is 0.337 e. The number of nitrogens with one attached hydrogen (secondary N) is 1. The van der Waals surface area contributed by atoms with Crippen molar-refractivity contribution in [3.8, 4) is 0 Å². The molecule has 0 spiro atoms. The Labute approximate surface area is 118 Å². The van der Waals surface area contributed by atoms with Crippen molar-refractivity contribution in [1.29, 1.82) is 0 Å². The molecule has 0 saturated heterocycles. The zero-order chi connectivity index (χ0) is 15.6. The topological polar surface area (TPSA) is 79.3 Å². The zero-order valence-corrected chi connectivity index (χ0v) is 10.9. The number of nitrogens with zero attached hydrogens (tertiary/aromatic N) is 1. The second-order valence-corrected chi connectivity index (χ2v) is 4.24. The molecule has 1 aromatic heterocycles. The van der Waals surface area contributed by atoms with E-state index in [1.54, 1.807) is 19.1 Å². The number of carbonyl (C=O) groups is 2. The Morgan fingerprint density at radius 1 is 1.19 bits per heavy atom. The monoisotopic (exact) mass is 292 g/mol. The molecule has 2 aromatic rings. The first-order chi connectivity index (χ1) is 9.88. The first-order valence-electron chi connectivity index (χ1n) is 5.86. The number of halogens is 2. The fourth-order valence-corrected chi connectivity index (χ4v) is 1.68. The van der Waals surface area contributed by atoms with E-state index in [4.69, 9.17) is 5.11 Å². The van der Waals surface area contributed by atoms with Crippen LogP contribution in [0.25, 0.3) is 0 Å². The van der Waals surface area contributed by atoms with Crippen LogP contribution in [0.3, 0.4) is 0 Å². The highest BCUT2D eigenvalue weighted by Gasteiger charge is 2.18. The van der Waals surface area contributed by atoms with Crippen LogP contribution in [-0.4, -0.2) is 22.0 Å². The van der Waals surface area contributed by atoms with Crippen molar-refractivity contribution in [2.24, 2.45) is 0 Å². The Morgan fingerprint density at radius 2 is 1.86 bits per heavy atom. The van der Waals surface area contributed by atoms with Crippen molar-refractivity contribution >= 4 is 17.6 Å². The van der Waals surface area contributed by atoms with Gasteiger partial charge < -0.3 is 10.4 Å². The maximum atomic E-state index is 13.2. The van der Waals surface area contributed by atoms with Crippen LogP contribution >= 0.6 is 0 Å². The van der Waals surface area contributed by atoms with Crippen LogP contribution in [0.5, 0.6) is 0 Å². The van der Waals surface area contributed by atoms with Crippen molar-refractivity contribution in [3.05, 3.63) is 58.9 Å². The average molecular weight is 292 g/mol. The predicted molar refractivity (Wildman–Crippen MR) is 70.2 cm³/mol. The van der Waals surface area contributed by atoms with Crippen LogP contribution in [-0.2, 0) is 0 Å². The molecule has 5 nitrogen and oxygen atoms in total. The lowest BCUT2D eigenvalue weighted by atomic mass is 10.1. The molecular formula is C14H10F2N2O3. The standard InChI is InChI=1S/C14H10F2N2O3/c1-7-3-2-4-11(17-7)13(19)18-12-6-10(16)9(15)5-8(12)14(20)21/h2-6H,1H3,(H,18,19)(H,20,21). The molecule has 0 radical (unpaired) electrons. The SMILES string of the molecule is Cc1cccc(C(=O)Nc2cc(F)c(F)cc2C(=O)O)n1. The molecule has 2 N–H and O–H groups in total. The lowest BCUT2D eigenvalue weighted by Gasteiger charge is -2.09. The molecule has 1 heterocycles. The molecule has 7 heteroatoms. The quantitative estimate of drug-likeness (QED) is 0.911. The van der Waals surface area contributed by atoms with E-state index in [-0.39, 0.29) is 11.4 Å². The Balaban J connectivity index is 2.37. The number of pyridine rings is 1. The van der Waals surface area contributed by atoms with Gasteiger partial charge in [0.1, 0.15) is 5.69 Å². The van der Waals surface area contributed by atoms with Gasteiger partial charge in [0.25, 0.3) is 5.91 Å². The van der Waals surface area contributed by atoms with Gasteiger partial charge in [-0.05, 0) is 25.1 Å². The first-order valence-corrected chi connectivity index (χ1v) is 5.86. The number of amides is 1. The molecule has 108 valence electrons. The van der Waals surface area contributed by atoms with E-state index < -0.39 is 29.1 Å². The zero-order valence-electron chi connectivity index (χ0n) is 10.9. The second kappa shape index (κ2) is 5.66. The summed E-state index contributed by atoms with van der Waals surface area (Å²) >= 11 is 0. The minimum atomic E-state index is -1.48. The Morgan fingerprint density at radius 3 is 2.48 bits per heavy atom. The summed E-state index contributed by atoms with van der Waals surface area (Å²) in [7, 11) is 0. The molecular weight excluding hydrogens is 282 g/mol. The third-order valence-electron chi connectivity index (χ3n) is 2.66. The van der Waals surface area contributed by atoms with Gasteiger partial charge in [-0.25, -0.2) is 18.6 Å². The summed E-state index contributed by atoms with van der Waals surface area (Å²) in [5.41, 5.74) is -0.257. The van der Waals surface area contributed by atoms with Gasteiger partial charge in [-0.1, -0.05) is 6.07 Å². The summed E-state index contributed by atoms with van der Waals surface area (Å²) in [6.45, 7) is 1.68. The number of carboxylic acid groups (broad SMARTS) is 1. The summed E-state index contributed by atoms with van der Waals surface area (Å²) in [5.74, 6) is -4.76. The van der Waals surface area contributed by atoms with Crippen LogP contribution in [0.15, 0.2) is 30.3 Å². The lowest BCUT2D eigenvalue weighted by Crippen LogP contribution is -2.17. The summed E-state index contributed by atoms with van der Waals surface area (Å²) in [4.78, 5) is 26.9. The Hall–Kier alpha value is -2.83. The lowest BCUT2D eigenvalue weighted by molar-refractivity contribution is 0.0697. The highest BCUT2D eigenvalue weighted by molar-refractivity contribution is 6.06. The summed E-state index contributed by atoms with van der Waals surface area (Å²) in [6, 6.07) is 5.82. The fourth-order valence-electron chi connectivity index (χ4n) is 1.68. The summed E-state index contributed by atoms with van der Waals surface area (Å²) in [6.07, 6.45) is 0. The fraction of sp³-hybridized carbons (Fsp3) is 0.0714. The number of rotatable bonds is 3. The molecule has 21 heavy (non-hydrogen) atoms. The third-order valence-corrected chi connectivity index (χ3v) is 2.66. The maximum Gasteiger partial charge on any atom is 0.337 e. The van der Waals surface area contributed by atoms with E-state index in [2.05, 4.69) is 10.3 Å². The van der Waals surface area contributed by atoms with Crippen LogP contribution in [0.2, 0.25) is 0 Å². The number of aromatic nitrogens is 1. The molecule has 1 aromatic carbocycles. The van der Waals surface area contributed by atoms with Crippen molar-refractivity contribution in [2.75, 3.05) is 5.32 Å². The number of carboxylic acids is 1. The first kappa shape index (κ1) is 14.6. The number of benzene rings is 1. The van der Waals surface area contributed by atoms with Crippen LogP contribution < -0.4 is 5.32 Å². The normalized spacial score (nSPS) is 10.2. The van der Waals surface area contributed by atoms with Gasteiger partial charge in [0.05, 0.1) is 11.3 Å². The summed E-state index contributed by atoms with van der Waals surface area (Å²) < 4.78 is 26.3. The number of aryl methyl sites for hydroxylation is 1. The average Bonchev–Trinajstić information content (AvgIpc) is 2.42. The van der Waals surface area contributed by atoms with Gasteiger partial charge in [-0.2, -0.15) is 0 Å². The second-order valence-electron chi connectivity index (χ2n) is 4.24. The third kappa shape index (κ3) is 3.19. The number of hydrogen-bond acceptors (Lipinski definition) is 3. The molecule has 2 rings (SSSR count). The molecule has 0 bridgehead atoms. The summed E-state index contributed by atoms with van der Waals surface area (Å²) in [5, 5.41) is 11.2. The van der Waals surface area contributed by atoms with Gasteiger partial charge >= 0.3 is 5.97 Å². The van der Waals surface area contributed by atoms with Crippen molar-refractivity contribution < 1.29 is 23.5 Å². The molecule has 0 saturated carbocycles. The Kier molecular flexibility index (Phi) is 3.93. The van der Waals surface area contributed by atoms with E-state index in [1.807, 2.05) is 0 Å². The largest absolute Gasteiger partial charge is 0.478 e. The number of anilines is 1. The van der Waals surface area contributed by atoms with Crippen LogP contribution in [0, 0.1) is 18.6 Å². The molecule has 0 unspecified atom stereocenters. The van der Waals surface area contributed by atoms with Gasteiger partial charge in [-0.15, -0.1) is 0 Å². The molecule has 1 amide bonds. The van der Waals surface area contributed by atoms with E-state index >= 15 is 0 Å². The minimum absolute atomic E-state index is 0.0380. The number of hydrogen-bond donors (Lipinski definition) is 2. The van der Waals surface area contributed by atoms with E-state index in [9.17, 15) is 18.4 Å². The molecule has 0 aliphatic rings. The molecule has 0 aliphatic heterocycles. The van der Waals surface area contributed by atoms with Crippen molar-refractivity contribution in [3.63, 3.8) is 0 Å². The van der Waals surface area contributed by atoms with E-state index in [0.717, 1.165) is 0 Å². The highest BCUT2D eigenvalue weighted by Crippen LogP contribution is 2.20. The molecule has 0 aliphatic carbocycles. The van der Waals surface area contributed by atoms with Crippen molar-refractivity contribution in [2.45, 2.75) is 6.92 Å². The van der Waals surface area contributed by atoms with Crippen LogP contribution in [0.4, 0.5) is 14.5 Å². The van der Waals surface area contributed by atoms with E-state index in [0.29, 0.717) is 17.8 Å². The van der Waals surface area contributed by atoms with E-state index in [1.165, 1.54) is 6.07 Å². The van der Waals surface area contributed by atoms with Gasteiger partial charge in [0, 0.05) is 11.8 Å². The van der Waals surface area contributed by atoms with Gasteiger partial charge in [-0.3, -0.25) is 4.79 Å². The van der Waals surface area contributed by atoms with Gasteiger partial charge in [0.2, 0.25) is 0 Å².